The first-order chi connectivity index (χ1) is 8.13. The van der Waals surface area contributed by atoms with E-state index in [0.29, 0.717) is 11.4 Å². The third kappa shape index (κ3) is 5.07. The van der Waals surface area contributed by atoms with Gasteiger partial charge in [0.15, 0.2) is 0 Å². The van der Waals surface area contributed by atoms with E-state index in [2.05, 4.69) is 6.92 Å². The van der Waals surface area contributed by atoms with Gasteiger partial charge in [-0.3, -0.25) is 0 Å². The summed E-state index contributed by atoms with van der Waals surface area (Å²) in [7, 11) is 0. The Balaban J connectivity index is 2.37. The van der Waals surface area contributed by atoms with Crippen molar-refractivity contribution >= 4 is 5.69 Å². The number of hydrogen-bond donors (Lipinski definition) is 1. The second-order valence-corrected chi connectivity index (χ2v) is 4.46. The zero-order chi connectivity index (χ0) is 12.7. The minimum atomic E-state index is -0.328. The number of nitrogens with two attached hydrogens (primary N) is 1. The second-order valence-electron chi connectivity index (χ2n) is 4.46. The molecule has 0 saturated heterocycles. The Morgan fingerprint density at radius 3 is 2.71 bits per heavy atom. The smallest absolute Gasteiger partial charge is 0.142 e. The minimum absolute atomic E-state index is 0.125. The van der Waals surface area contributed by atoms with Gasteiger partial charge < -0.3 is 10.5 Å². The van der Waals surface area contributed by atoms with Gasteiger partial charge in [0.2, 0.25) is 0 Å². The third-order valence-electron chi connectivity index (χ3n) is 2.76. The Morgan fingerprint density at radius 1 is 1.29 bits per heavy atom. The maximum atomic E-state index is 12.8. The van der Waals surface area contributed by atoms with Gasteiger partial charge in [0.25, 0.3) is 0 Å². The molecule has 0 heterocycles. The Kier molecular flexibility index (Phi) is 5.81. The lowest BCUT2D eigenvalue weighted by Crippen LogP contribution is -2.12. The summed E-state index contributed by atoms with van der Waals surface area (Å²) in [4.78, 5) is 0. The number of ether oxygens (including phenoxy) is 1. The van der Waals surface area contributed by atoms with Crippen LogP contribution in [-0.2, 0) is 0 Å². The van der Waals surface area contributed by atoms with Gasteiger partial charge in [-0.1, -0.05) is 26.2 Å². The van der Waals surface area contributed by atoms with Crippen LogP contribution in [0.15, 0.2) is 18.2 Å². The van der Waals surface area contributed by atoms with E-state index in [1.54, 1.807) is 6.07 Å². The summed E-state index contributed by atoms with van der Waals surface area (Å²) >= 11 is 0. The number of unbranched alkanes of at least 4 members (excludes halogenated alkanes) is 3. The predicted octanol–water partition coefficient (Wildman–Crippen LogP) is 4.15. The van der Waals surface area contributed by atoms with Gasteiger partial charge in [-0.25, -0.2) is 4.39 Å². The van der Waals surface area contributed by atoms with Crippen molar-refractivity contribution in [2.45, 2.75) is 52.1 Å². The Hall–Kier alpha value is -1.25. The lowest BCUT2D eigenvalue weighted by Gasteiger charge is -2.16. The second kappa shape index (κ2) is 7.15. The molecular weight excluding hydrogens is 217 g/mol. The molecule has 0 aliphatic rings. The van der Waals surface area contributed by atoms with Gasteiger partial charge in [-0.15, -0.1) is 0 Å². The average molecular weight is 239 g/mol. The highest BCUT2D eigenvalue weighted by atomic mass is 19.1. The molecule has 2 nitrogen and oxygen atoms in total. The summed E-state index contributed by atoms with van der Waals surface area (Å²) in [5.41, 5.74) is 6.05. The van der Waals surface area contributed by atoms with Crippen LogP contribution in [0.5, 0.6) is 5.75 Å². The van der Waals surface area contributed by atoms with Crippen LogP contribution in [0, 0.1) is 5.82 Å². The van der Waals surface area contributed by atoms with Crippen LogP contribution in [-0.4, -0.2) is 6.10 Å². The molecule has 0 aliphatic heterocycles. The van der Waals surface area contributed by atoms with Crippen molar-refractivity contribution in [3.05, 3.63) is 24.0 Å². The Bertz CT molecular complexity index is 341. The Labute approximate surface area is 103 Å². The van der Waals surface area contributed by atoms with E-state index in [9.17, 15) is 4.39 Å². The molecule has 1 aromatic carbocycles. The maximum Gasteiger partial charge on any atom is 0.142 e. The number of hydrogen-bond acceptors (Lipinski definition) is 2. The molecular formula is C14H22FNO. The summed E-state index contributed by atoms with van der Waals surface area (Å²) in [6.07, 6.45) is 6.04. The summed E-state index contributed by atoms with van der Waals surface area (Å²) in [5, 5.41) is 0. The topological polar surface area (TPSA) is 35.2 Å². The zero-order valence-corrected chi connectivity index (χ0v) is 10.7. The number of halogens is 1. The molecule has 0 saturated carbocycles. The van der Waals surface area contributed by atoms with E-state index in [0.717, 1.165) is 12.8 Å². The molecule has 1 atom stereocenters. The number of anilines is 1. The standard InChI is InChI=1S/C14H22FNO/c1-3-4-5-6-7-11(2)17-14-9-8-12(15)10-13(14)16/h8-11H,3-7,16H2,1-2H3. The largest absolute Gasteiger partial charge is 0.489 e. The van der Waals surface area contributed by atoms with Crippen LogP contribution in [0.4, 0.5) is 10.1 Å². The van der Waals surface area contributed by atoms with E-state index < -0.39 is 0 Å². The molecule has 1 rings (SSSR count). The molecule has 0 spiro atoms. The first-order valence-electron chi connectivity index (χ1n) is 6.35. The highest BCUT2D eigenvalue weighted by Crippen LogP contribution is 2.24. The molecule has 1 unspecified atom stereocenters. The fourth-order valence-corrected chi connectivity index (χ4v) is 1.76. The van der Waals surface area contributed by atoms with Crippen molar-refractivity contribution < 1.29 is 9.13 Å². The lowest BCUT2D eigenvalue weighted by atomic mass is 10.1. The normalized spacial score (nSPS) is 12.4. The molecule has 17 heavy (non-hydrogen) atoms. The van der Waals surface area contributed by atoms with E-state index >= 15 is 0 Å². The zero-order valence-electron chi connectivity index (χ0n) is 10.7. The molecule has 96 valence electrons. The highest BCUT2D eigenvalue weighted by Gasteiger charge is 2.07. The molecule has 3 heteroatoms. The van der Waals surface area contributed by atoms with Crippen molar-refractivity contribution in [3.8, 4) is 5.75 Å². The van der Waals surface area contributed by atoms with Crippen LogP contribution in [0.3, 0.4) is 0 Å². The van der Waals surface area contributed by atoms with Crippen molar-refractivity contribution in [3.63, 3.8) is 0 Å². The van der Waals surface area contributed by atoms with Gasteiger partial charge in [0, 0.05) is 6.07 Å². The van der Waals surface area contributed by atoms with Crippen LogP contribution in [0.25, 0.3) is 0 Å². The van der Waals surface area contributed by atoms with Crippen LogP contribution in [0.2, 0.25) is 0 Å². The molecule has 1 aromatic rings. The summed E-state index contributed by atoms with van der Waals surface area (Å²) < 4.78 is 18.5. The number of benzene rings is 1. The quantitative estimate of drug-likeness (QED) is 0.573. The molecule has 0 aliphatic carbocycles. The molecule has 0 aromatic heterocycles. The van der Waals surface area contributed by atoms with Crippen molar-refractivity contribution in [1.82, 2.24) is 0 Å². The van der Waals surface area contributed by atoms with E-state index in [-0.39, 0.29) is 11.9 Å². The maximum absolute atomic E-state index is 12.8. The molecule has 0 amide bonds. The summed E-state index contributed by atoms with van der Waals surface area (Å²) in [6, 6.07) is 4.25. The SMILES string of the molecule is CCCCCCC(C)Oc1ccc(F)cc1N. The van der Waals surface area contributed by atoms with Crippen LogP contribution in [0.1, 0.15) is 46.0 Å². The molecule has 0 fully saturated rings. The fourth-order valence-electron chi connectivity index (χ4n) is 1.76. The van der Waals surface area contributed by atoms with Gasteiger partial charge in [0.1, 0.15) is 11.6 Å². The van der Waals surface area contributed by atoms with Gasteiger partial charge >= 0.3 is 0 Å². The fraction of sp³-hybridized carbons (Fsp3) is 0.571. The van der Waals surface area contributed by atoms with Crippen molar-refractivity contribution in [1.29, 1.82) is 0 Å². The lowest BCUT2D eigenvalue weighted by molar-refractivity contribution is 0.207. The minimum Gasteiger partial charge on any atom is -0.489 e. The number of rotatable bonds is 7. The van der Waals surface area contributed by atoms with Gasteiger partial charge in [-0.2, -0.15) is 0 Å². The third-order valence-corrected chi connectivity index (χ3v) is 2.76. The monoisotopic (exact) mass is 239 g/mol. The first-order valence-corrected chi connectivity index (χ1v) is 6.35. The number of nitrogen functional groups attached to an aromatic ring is 1. The van der Waals surface area contributed by atoms with E-state index in [1.165, 1.54) is 31.4 Å². The van der Waals surface area contributed by atoms with Crippen LogP contribution >= 0.6 is 0 Å². The Morgan fingerprint density at radius 2 is 2.06 bits per heavy atom. The van der Waals surface area contributed by atoms with E-state index in [4.69, 9.17) is 10.5 Å². The van der Waals surface area contributed by atoms with Gasteiger partial charge in [0.05, 0.1) is 11.8 Å². The first kappa shape index (κ1) is 13.8. The molecule has 0 bridgehead atoms. The molecule has 2 N–H and O–H groups in total. The molecule has 0 radical (unpaired) electrons. The van der Waals surface area contributed by atoms with Crippen molar-refractivity contribution in [2.24, 2.45) is 0 Å². The van der Waals surface area contributed by atoms with Gasteiger partial charge in [-0.05, 0) is 31.9 Å². The van der Waals surface area contributed by atoms with E-state index in [1.807, 2.05) is 6.92 Å². The van der Waals surface area contributed by atoms with Crippen molar-refractivity contribution in [2.75, 3.05) is 5.73 Å². The van der Waals surface area contributed by atoms with Crippen LogP contribution < -0.4 is 10.5 Å². The highest BCUT2D eigenvalue weighted by molar-refractivity contribution is 5.52. The summed E-state index contributed by atoms with van der Waals surface area (Å²) in [6.45, 7) is 4.22. The summed E-state index contributed by atoms with van der Waals surface area (Å²) in [5.74, 6) is 0.250. The predicted molar refractivity (Wildman–Crippen MR) is 69.7 cm³/mol. The average Bonchev–Trinajstić information content (AvgIpc) is 2.28.